The summed E-state index contributed by atoms with van der Waals surface area (Å²) >= 11 is 0. The molecule has 0 spiro atoms. The normalized spacial score (nSPS) is 15.0. The van der Waals surface area contributed by atoms with Gasteiger partial charge in [0.05, 0.1) is 31.0 Å². The highest BCUT2D eigenvalue weighted by molar-refractivity contribution is 5.95. The van der Waals surface area contributed by atoms with Crippen molar-refractivity contribution < 1.29 is 9.53 Å². The molecule has 3 aromatic rings. The topological polar surface area (TPSA) is 59.4 Å². The predicted molar refractivity (Wildman–Crippen MR) is 126 cm³/mol. The first-order chi connectivity index (χ1) is 15.6. The van der Waals surface area contributed by atoms with Crippen LogP contribution in [-0.2, 0) is 6.54 Å². The number of pyridine rings is 1. The number of aryl methyl sites for hydroxylation is 1. The lowest BCUT2D eigenvalue weighted by atomic mass is 10.0. The summed E-state index contributed by atoms with van der Waals surface area (Å²) in [4.78, 5) is 20.0. The van der Waals surface area contributed by atoms with Gasteiger partial charge >= 0.3 is 0 Å². The maximum absolute atomic E-state index is 13.2. The summed E-state index contributed by atoms with van der Waals surface area (Å²) in [7, 11) is 1.68. The van der Waals surface area contributed by atoms with Gasteiger partial charge in [-0.2, -0.15) is 0 Å². The van der Waals surface area contributed by atoms with Crippen LogP contribution in [-0.4, -0.2) is 47.1 Å². The maximum atomic E-state index is 13.2. The van der Waals surface area contributed by atoms with Crippen LogP contribution >= 0.6 is 0 Å². The van der Waals surface area contributed by atoms with E-state index in [0.29, 0.717) is 13.1 Å². The van der Waals surface area contributed by atoms with Crippen molar-refractivity contribution in [3.8, 4) is 5.75 Å². The second-order valence-electron chi connectivity index (χ2n) is 8.43. The number of nitrogens with zero attached hydrogens (tertiary/aromatic N) is 3. The highest BCUT2D eigenvalue weighted by atomic mass is 16.5. The van der Waals surface area contributed by atoms with Crippen molar-refractivity contribution >= 4 is 5.91 Å². The fourth-order valence-corrected chi connectivity index (χ4v) is 4.55. The Kier molecular flexibility index (Phi) is 6.90. The van der Waals surface area contributed by atoms with Gasteiger partial charge in [0.2, 0.25) is 0 Å². The average Bonchev–Trinajstić information content (AvgIpc) is 3.45. The molecular formula is C26H32N4O2. The first-order valence-electron chi connectivity index (χ1n) is 11.3. The van der Waals surface area contributed by atoms with Crippen molar-refractivity contribution in [2.45, 2.75) is 39.3 Å². The van der Waals surface area contributed by atoms with Crippen LogP contribution in [0.2, 0.25) is 0 Å². The number of ether oxygens (including phenoxy) is 1. The zero-order valence-electron chi connectivity index (χ0n) is 19.2. The van der Waals surface area contributed by atoms with Gasteiger partial charge in [-0.1, -0.05) is 18.2 Å². The van der Waals surface area contributed by atoms with E-state index < -0.39 is 0 Å². The van der Waals surface area contributed by atoms with Crippen molar-refractivity contribution in [2.24, 2.45) is 0 Å². The lowest BCUT2D eigenvalue weighted by molar-refractivity contribution is 0.0937. The molecule has 0 bridgehead atoms. The zero-order chi connectivity index (χ0) is 22.5. The third kappa shape index (κ3) is 4.86. The smallest absolute Gasteiger partial charge is 0.253 e. The summed E-state index contributed by atoms with van der Waals surface area (Å²) in [5.74, 6) is 0.821. The lowest BCUT2D eigenvalue weighted by Crippen LogP contribution is -2.37. The molecule has 4 rings (SSSR count). The Labute approximate surface area is 190 Å². The van der Waals surface area contributed by atoms with Gasteiger partial charge in [0.25, 0.3) is 5.91 Å². The molecule has 3 heterocycles. The van der Waals surface area contributed by atoms with E-state index in [4.69, 9.17) is 4.74 Å². The molecule has 1 aliphatic rings. The molecule has 1 atom stereocenters. The number of methoxy groups -OCH3 is 1. The minimum absolute atomic E-state index is 0.0249. The van der Waals surface area contributed by atoms with E-state index in [9.17, 15) is 4.79 Å². The Morgan fingerprint density at radius 3 is 2.53 bits per heavy atom. The van der Waals surface area contributed by atoms with E-state index in [0.717, 1.165) is 41.5 Å². The van der Waals surface area contributed by atoms with Crippen LogP contribution in [0.5, 0.6) is 5.75 Å². The molecule has 6 heteroatoms. The second kappa shape index (κ2) is 10.0. The third-order valence-electron chi connectivity index (χ3n) is 6.40. The fourth-order valence-electron chi connectivity index (χ4n) is 4.55. The Morgan fingerprint density at radius 2 is 1.88 bits per heavy atom. The molecule has 2 aromatic heterocycles. The molecule has 1 aliphatic heterocycles. The van der Waals surface area contributed by atoms with Crippen molar-refractivity contribution in [1.82, 2.24) is 19.8 Å². The summed E-state index contributed by atoms with van der Waals surface area (Å²) < 4.78 is 7.46. The van der Waals surface area contributed by atoms with E-state index in [-0.39, 0.29) is 11.9 Å². The molecule has 0 aliphatic carbocycles. The van der Waals surface area contributed by atoms with Gasteiger partial charge in [-0.05, 0) is 75.7 Å². The second-order valence-corrected chi connectivity index (χ2v) is 8.43. The molecule has 1 saturated heterocycles. The van der Waals surface area contributed by atoms with Gasteiger partial charge in [-0.15, -0.1) is 0 Å². The number of aromatic nitrogens is 2. The molecule has 0 radical (unpaired) electrons. The maximum Gasteiger partial charge on any atom is 0.253 e. The first-order valence-corrected chi connectivity index (χ1v) is 11.3. The van der Waals surface area contributed by atoms with Crippen LogP contribution in [0.4, 0.5) is 0 Å². The van der Waals surface area contributed by atoms with Gasteiger partial charge in [0.1, 0.15) is 5.75 Å². The van der Waals surface area contributed by atoms with Crippen molar-refractivity contribution in [1.29, 1.82) is 0 Å². The number of carbonyl (C=O) groups is 1. The molecule has 1 aromatic carbocycles. The first kappa shape index (κ1) is 22.1. The summed E-state index contributed by atoms with van der Waals surface area (Å²) in [5.41, 5.74) is 4.94. The Morgan fingerprint density at radius 1 is 1.12 bits per heavy atom. The summed E-state index contributed by atoms with van der Waals surface area (Å²) in [6.07, 6.45) is 4.21. The van der Waals surface area contributed by atoms with E-state index >= 15 is 0 Å². The molecule has 1 amide bonds. The third-order valence-corrected chi connectivity index (χ3v) is 6.40. The van der Waals surface area contributed by atoms with E-state index in [2.05, 4.69) is 31.9 Å². The van der Waals surface area contributed by atoms with Gasteiger partial charge in [-0.3, -0.25) is 14.7 Å². The number of likely N-dealkylation sites (tertiary alicyclic amines) is 1. The number of rotatable bonds is 8. The molecule has 1 N–H and O–H groups in total. The van der Waals surface area contributed by atoms with Crippen molar-refractivity contribution in [3.05, 3.63) is 82.9 Å². The van der Waals surface area contributed by atoms with Crippen molar-refractivity contribution in [2.75, 3.05) is 26.7 Å². The zero-order valence-corrected chi connectivity index (χ0v) is 19.2. The molecule has 0 saturated carbocycles. The lowest BCUT2D eigenvalue weighted by Gasteiger charge is -2.28. The minimum atomic E-state index is -0.0249. The minimum Gasteiger partial charge on any atom is -0.497 e. The molecule has 6 nitrogen and oxygen atoms in total. The van der Waals surface area contributed by atoms with E-state index in [1.165, 1.54) is 18.4 Å². The highest BCUT2D eigenvalue weighted by Gasteiger charge is 2.25. The van der Waals surface area contributed by atoms with Crippen LogP contribution in [0.3, 0.4) is 0 Å². The van der Waals surface area contributed by atoms with Crippen LogP contribution in [0.1, 0.15) is 51.9 Å². The largest absolute Gasteiger partial charge is 0.497 e. The van der Waals surface area contributed by atoms with Gasteiger partial charge in [0, 0.05) is 24.1 Å². The fraction of sp³-hybridized carbons (Fsp3) is 0.385. The average molecular weight is 433 g/mol. The van der Waals surface area contributed by atoms with Crippen molar-refractivity contribution in [3.63, 3.8) is 0 Å². The molecule has 1 fully saturated rings. The van der Waals surface area contributed by atoms with Crippen LogP contribution < -0.4 is 10.1 Å². The van der Waals surface area contributed by atoms with Crippen LogP contribution in [0.15, 0.2) is 54.7 Å². The summed E-state index contributed by atoms with van der Waals surface area (Å²) in [6.45, 7) is 7.41. The Hall–Kier alpha value is -3.12. The number of hydrogen-bond acceptors (Lipinski definition) is 4. The van der Waals surface area contributed by atoms with Gasteiger partial charge in [0.15, 0.2) is 0 Å². The SMILES string of the molecule is COc1ccc(C(CNC(=O)c2cc(C)n(Cc3ccccn3)c2C)N2CCCC2)cc1. The van der Waals surface area contributed by atoms with Gasteiger partial charge < -0.3 is 14.6 Å². The molecule has 32 heavy (non-hydrogen) atoms. The van der Waals surface area contributed by atoms with Crippen LogP contribution in [0, 0.1) is 13.8 Å². The summed E-state index contributed by atoms with van der Waals surface area (Å²) in [6, 6.07) is 16.2. The standard InChI is InChI=1S/C26H32N4O2/c1-19-16-24(20(2)30(19)18-22-8-4-5-13-27-22)26(31)28-17-25(29-14-6-7-15-29)21-9-11-23(32-3)12-10-21/h4-5,8-13,16,25H,6-7,14-15,17-18H2,1-3H3,(H,28,31). The number of amides is 1. The van der Waals surface area contributed by atoms with E-state index in [1.807, 2.05) is 50.2 Å². The monoisotopic (exact) mass is 432 g/mol. The predicted octanol–water partition coefficient (Wildman–Crippen LogP) is 4.12. The number of hydrogen-bond donors (Lipinski definition) is 1. The number of carbonyl (C=O) groups excluding carboxylic acids is 1. The molecule has 1 unspecified atom stereocenters. The van der Waals surface area contributed by atoms with Crippen LogP contribution in [0.25, 0.3) is 0 Å². The van der Waals surface area contributed by atoms with E-state index in [1.54, 1.807) is 13.3 Å². The highest BCUT2D eigenvalue weighted by Crippen LogP contribution is 2.26. The summed E-state index contributed by atoms with van der Waals surface area (Å²) in [5, 5.41) is 3.21. The Bertz CT molecular complexity index is 1040. The molecule has 168 valence electrons. The van der Waals surface area contributed by atoms with Gasteiger partial charge in [-0.25, -0.2) is 0 Å². The number of nitrogens with one attached hydrogen (secondary N) is 1. The number of benzene rings is 1. The molecular weight excluding hydrogens is 400 g/mol. The Balaban J connectivity index is 1.48. The quantitative estimate of drug-likeness (QED) is 0.582.